The molecule has 0 atom stereocenters. The molecule has 18 heavy (non-hydrogen) atoms. The smallest absolute Gasteiger partial charge is 0.248 e. The van der Waals surface area contributed by atoms with Crippen molar-refractivity contribution in [3.05, 3.63) is 23.9 Å². The summed E-state index contributed by atoms with van der Waals surface area (Å²) < 4.78 is 5.19. The van der Waals surface area contributed by atoms with Crippen molar-refractivity contribution in [3.63, 3.8) is 0 Å². The van der Waals surface area contributed by atoms with Crippen LogP contribution >= 0.6 is 0 Å². The van der Waals surface area contributed by atoms with Crippen molar-refractivity contribution in [1.82, 2.24) is 4.98 Å². The Kier molecular flexibility index (Phi) is 3.88. The SMILES string of the molecule is NC(=O)c1ccnc(NC(=O)C2CCOCC2)c1. The number of hydrogen-bond acceptors (Lipinski definition) is 4. The molecule has 0 unspecified atom stereocenters. The fraction of sp³-hybridized carbons (Fsp3) is 0.417. The van der Waals surface area contributed by atoms with Crippen molar-refractivity contribution in [1.29, 1.82) is 0 Å². The molecule has 2 amide bonds. The van der Waals surface area contributed by atoms with E-state index >= 15 is 0 Å². The topological polar surface area (TPSA) is 94.3 Å². The summed E-state index contributed by atoms with van der Waals surface area (Å²) in [6.45, 7) is 1.21. The van der Waals surface area contributed by atoms with Gasteiger partial charge in [0, 0.05) is 30.9 Å². The zero-order valence-electron chi connectivity index (χ0n) is 9.89. The molecule has 0 bridgehead atoms. The largest absolute Gasteiger partial charge is 0.381 e. The van der Waals surface area contributed by atoms with E-state index in [2.05, 4.69) is 10.3 Å². The summed E-state index contributed by atoms with van der Waals surface area (Å²) in [6, 6.07) is 2.98. The fourth-order valence-corrected chi connectivity index (χ4v) is 1.84. The molecule has 6 nitrogen and oxygen atoms in total. The van der Waals surface area contributed by atoms with E-state index in [1.807, 2.05) is 0 Å². The van der Waals surface area contributed by atoms with Gasteiger partial charge in [0.15, 0.2) is 0 Å². The number of pyridine rings is 1. The monoisotopic (exact) mass is 249 g/mol. The molecule has 1 aromatic rings. The summed E-state index contributed by atoms with van der Waals surface area (Å²) in [5, 5.41) is 2.69. The molecule has 0 aliphatic carbocycles. The molecule has 0 spiro atoms. The maximum Gasteiger partial charge on any atom is 0.248 e. The van der Waals surface area contributed by atoms with E-state index < -0.39 is 5.91 Å². The molecular weight excluding hydrogens is 234 g/mol. The lowest BCUT2D eigenvalue weighted by Gasteiger charge is -2.20. The van der Waals surface area contributed by atoms with Crippen LogP contribution in [0, 0.1) is 5.92 Å². The predicted molar refractivity (Wildman–Crippen MR) is 64.9 cm³/mol. The lowest BCUT2D eigenvalue weighted by Crippen LogP contribution is -2.29. The molecule has 0 aromatic carbocycles. The first kappa shape index (κ1) is 12.5. The van der Waals surface area contributed by atoms with Crippen LogP contribution in [-0.2, 0) is 9.53 Å². The highest BCUT2D eigenvalue weighted by molar-refractivity contribution is 5.96. The second kappa shape index (κ2) is 5.59. The Labute approximate surface area is 105 Å². The average Bonchev–Trinajstić information content (AvgIpc) is 2.40. The third-order valence-corrected chi connectivity index (χ3v) is 2.89. The van der Waals surface area contributed by atoms with Crippen LogP contribution in [0.3, 0.4) is 0 Å². The summed E-state index contributed by atoms with van der Waals surface area (Å²) in [5.41, 5.74) is 5.49. The van der Waals surface area contributed by atoms with E-state index in [0.29, 0.717) is 37.4 Å². The van der Waals surface area contributed by atoms with Gasteiger partial charge >= 0.3 is 0 Å². The molecular formula is C12H15N3O3. The first-order valence-electron chi connectivity index (χ1n) is 5.81. The van der Waals surface area contributed by atoms with E-state index in [1.165, 1.54) is 18.3 Å². The fourth-order valence-electron chi connectivity index (χ4n) is 1.84. The third-order valence-electron chi connectivity index (χ3n) is 2.89. The van der Waals surface area contributed by atoms with Gasteiger partial charge in [0.1, 0.15) is 5.82 Å². The number of hydrogen-bond donors (Lipinski definition) is 2. The van der Waals surface area contributed by atoms with E-state index in [-0.39, 0.29) is 11.8 Å². The standard InChI is InChI=1S/C12H15N3O3/c13-11(16)9-1-4-14-10(7-9)15-12(17)8-2-5-18-6-3-8/h1,4,7-8H,2-3,5-6H2,(H2,13,16)(H,14,15,17). The van der Waals surface area contributed by atoms with Crippen LogP contribution in [0.4, 0.5) is 5.82 Å². The van der Waals surface area contributed by atoms with Gasteiger partial charge in [-0.1, -0.05) is 0 Å². The molecule has 96 valence electrons. The van der Waals surface area contributed by atoms with Gasteiger partial charge in [-0.3, -0.25) is 9.59 Å². The second-order valence-electron chi connectivity index (χ2n) is 4.17. The summed E-state index contributed by atoms with van der Waals surface area (Å²) in [6.07, 6.45) is 2.86. The van der Waals surface area contributed by atoms with Crippen molar-refractivity contribution in [2.45, 2.75) is 12.8 Å². The Morgan fingerprint density at radius 3 is 2.78 bits per heavy atom. The Morgan fingerprint density at radius 1 is 1.39 bits per heavy atom. The van der Waals surface area contributed by atoms with Crippen molar-refractivity contribution < 1.29 is 14.3 Å². The van der Waals surface area contributed by atoms with Crippen LogP contribution in [0.5, 0.6) is 0 Å². The van der Waals surface area contributed by atoms with Crippen LogP contribution in [0.1, 0.15) is 23.2 Å². The van der Waals surface area contributed by atoms with Crippen LogP contribution in [0.25, 0.3) is 0 Å². The molecule has 0 saturated carbocycles. The van der Waals surface area contributed by atoms with Gasteiger partial charge in [0.25, 0.3) is 0 Å². The lowest BCUT2D eigenvalue weighted by atomic mass is 9.99. The van der Waals surface area contributed by atoms with E-state index in [1.54, 1.807) is 0 Å². The highest BCUT2D eigenvalue weighted by Crippen LogP contribution is 2.17. The van der Waals surface area contributed by atoms with Gasteiger partial charge in [-0.2, -0.15) is 0 Å². The van der Waals surface area contributed by atoms with Crippen LogP contribution in [-0.4, -0.2) is 30.0 Å². The Bertz CT molecular complexity index is 456. The van der Waals surface area contributed by atoms with Gasteiger partial charge in [0.2, 0.25) is 11.8 Å². The van der Waals surface area contributed by atoms with Gasteiger partial charge in [-0.05, 0) is 25.0 Å². The molecule has 3 N–H and O–H groups in total. The highest BCUT2D eigenvalue weighted by Gasteiger charge is 2.21. The van der Waals surface area contributed by atoms with Crippen LogP contribution in [0.15, 0.2) is 18.3 Å². The molecule has 2 heterocycles. The number of amides is 2. The zero-order chi connectivity index (χ0) is 13.0. The number of ether oxygens (including phenoxy) is 1. The normalized spacial score (nSPS) is 16.2. The molecule has 1 saturated heterocycles. The van der Waals surface area contributed by atoms with Crippen molar-refractivity contribution in [2.75, 3.05) is 18.5 Å². The minimum Gasteiger partial charge on any atom is -0.381 e. The Balaban J connectivity index is 2.02. The van der Waals surface area contributed by atoms with Crippen molar-refractivity contribution in [3.8, 4) is 0 Å². The number of rotatable bonds is 3. The third kappa shape index (κ3) is 3.04. The minimum absolute atomic E-state index is 0.0576. The van der Waals surface area contributed by atoms with Gasteiger partial charge in [-0.25, -0.2) is 4.98 Å². The maximum absolute atomic E-state index is 11.9. The molecule has 2 rings (SSSR count). The first-order chi connectivity index (χ1) is 8.66. The number of primary amides is 1. The van der Waals surface area contributed by atoms with Gasteiger partial charge < -0.3 is 15.8 Å². The number of nitrogens with one attached hydrogen (secondary N) is 1. The van der Waals surface area contributed by atoms with Crippen LogP contribution in [0.2, 0.25) is 0 Å². The van der Waals surface area contributed by atoms with Crippen molar-refractivity contribution in [2.24, 2.45) is 11.7 Å². The van der Waals surface area contributed by atoms with Crippen LogP contribution < -0.4 is 11.1 Å². The van der Waals surface area contributed by atoms with Gasteiger partial charge in [0.05, 0.1) is 0 Å². The molecule has 1 aromatic heterocycles. The summed E-state index contributed by atoms with van der Waals surface area (Å²) in [4.78, 5) is 26.9. The van der Waals surface area contributed by atoms with E-state index in [9.17, 15) is 9.59 Å². The average molecular weight is 249 g/mol. The number of aromatic nitrogens is 1. The molecule has 1 fully saturated rings. The Morgan fingerprint density at radius 2 is 2.11 bits per heavy atom. The lowest BCUT2D eigenvalue weighted by molar-refractivity contribution is -0.122. The predicted octanol–water partition coefficient (Wildman–Crippen LogP) is 0.546. The molecule has 1 aliphatic heterocycles. The summed E-state index contributed by atoms with van der Waals surface area (Å²) in [5.74, 6) is -0.341. The summed E-state index contributed by atoms with van der Waals surface area (Å²) in [7, 11) is 0. The number of anilines is 1. The van der Waals surface area contributed by atoms with E-state index in [4.69, 9.17) is 10.5 Å². The highest BCUT2D eigenvalue weighted by atomic mass is 16.5. The number of carbonyl (C=O) groups excluding carboxylic acids is 2. The zero-order valence-corrected chi connectivity index (χ0v) is 9.89. The molecule has 6 heteroatoms. The maximum atomic E-state index is 11.9. The molecule has 1 aliphatic rings. The molecule has 0 radical (unpaired) electrons. The number of nitrogens with zero attached hydrogens (tertiary/aromatic N) is 1. The van der Waals surface area contributed by atoms with Gasteiger partial charge in [-0.15, -0.1) is 0 Å². The van der Waals surface area contributed by atoms with Crippen molar-refractivity contribution >= 4 is 17.6 Å². The number of carbonyl (C=O) groups is 2. The Hall–Kier alpha value is -1.95. The second-order valence-corrected chi connectivity index (χ2v) is 4.17. The van der Waals surface area contributed by atoms with E-state index in [0.717, 1.165) is 0 Å². The minimum atomic E-state index is -0.543. The quantitative estimate of drug-likeness (QED) is 0.817. The number of nitrogens with two attached hydrogens (primary N) is 1. The summed E-state index contributed by atoms with van der Waals surface area (Å²) >= 11 is 0. The first-order valence-corrected chi connectivity index (χ1v) is 5.81.